The molecule has 1 aromatic rings. The van der Waals surface area contributed by atoms with Crippen molar-refractivity contribution in [1.82, 2.24) is 8.61 Å². The van der Waals surface area contributed by atoms with E-state index in [1.807, 2.05) is 0 Å². The lowest BCUT2D eigenvalue weighted by molar-refractivity contribution is 0.0694. The normalized spacial score (nSPS) is 23.9. The molecule has 126 valence electrons. The summed E-state index contributed by atoms with van der Waals surface area (Å²) >= 11 is 0. The zero-order chi connectivity index (χ0) is 16.4. The zero-order valence-electron chi connectivity index (χ0n) is 12.7. The molecule has 7 nitrogen and oxygen atoms in total. The van der Waals surface area contributed by atoms with E-state index in [1.165, 1.54) is 8.61 Å². The van der Waals surface area contributed by atoms with Gasteiger partial charge in [-0.2, -0.15) is 17.0 Å². The molecule has 3 rings (SSSR count). The van der Waals surface area contributed by atoms with Gasteiger partial charge in [-0.25, -0.2) is 4.79 Å². The van der Waals surface area contributed by atoms with Crippen LogP contribution in [0.25, 0.3) is 0 Å². The Hall–Kier alpha value is -1.48. The van der Waals surface area contributed by atoms with Crippen molar-refractivity contribution < 1.29 is 23.1 Å². The number of ether oxygens (including phenoxy) is 1. The Morgan fingerprint density at radius 3 is 2.52 bits per heavy atom. The van der Waals surface area contributed by atoms with Crippen LogP contribution in [-0.4, -0.2) is 67.5 Å². The van der Waals surface area contributed by atoms with Crippen molar-refractivity contribution in [3.05, 3.63) is 35.4 Å². The van der Waals surface area contributed by atoms with E-state index in [1.54, 1.807) is 24.3 Å². The molecule has 23 heavy (non-hydrogen) atoms. The van der Waals surface area contributed by atoms with Crippen LogP contribution in [0.15, 0.2) is 24.3 Å². The van der Waals surface area contributed by atoms with E-state index < -0.39 is 16.2 Å². The SMILES string of the molecule is O=C(O)c1ccccc1[C@@H]1CCN(S(=O)(=O)N2CCOCC2)C1. The maximum absolute atomic E-state index is 12.7. The molecular weight excluding hydrogens is 320 g/mol. The minimum absolute atomic E-state index is 0.0851. The van der Waals surface area contributed by atoms with E-state index in [2.05, 4.69) is 0 Å². The van der Waals surface area contributed by atoms with Crippen LogP contribution in [0.3, 0.4) is 0 Å². The standard InChI is InChI=1S/C15H20N2O5S/c18-15(19)14-4-2-1-3-13(14)12-5-6-17(11-12)23(20,21)16-7-9-22-10-8-16/h1-4,12H,5-11H2,(H,18,19)/t12-/m1/s1. The van der Waals surface area contributed by atoms with E-state index in [9.17, 15) is 18.3 Å². The summed E-state index contributed by atoms with van der Waals surface area (Å²) in [5, 5.41) is 9.30. The van der Waals surface area contributed by atoms with Crippen molar-refractivity contribution in [2.24, 2.45) is 0 Å². The van der Waals surface area contributed by atoms with Crippen molar-refractivity contribution in [3.63, 3.8) is 0 Å². The smallest absolute Gasteiger partial charge is 0.335 e. The number of carboxylic acid groups (broad SMARTS) is 1. The van der Waals surface area contributed by atoms with Crippen molar-refractivity contribution in [3.8, 4) is 0 Å². The molecule has 1 aromatic carbocycles. The second-order valence-electron chi connectivity index (χ2n) is 5.76. The fourth-order valence-corrected chi connectivity index (χ4v) is 4.82. The first-order valence-corrected chi connectivity index (χ1v) is 9.05. The summed E-state index contributed by atoms with van der Waals surface area (Å²) in [4.78, 5) is 11.4. The van der Waals surface area contributed by atoms with Gasteiger partial charge in [0.05, 0.1) is 18.8 Å². The van der Waals surface area contributed by atoms with Gasteiger partial charge in [0.1, 0.15) is 0 Å². The zero-order valence-corrected chi connectivity index (χ0v) is 13.5. The lowest BCUT2D eigenvalue weighted by Crippen LogP contribution is -2.47. The van der Waals surface area contributed by atoms with Crippen molar-refractivity contribution in [2.75, 3.05) is 39.4 Å². The summed E-state index contributed by atoms with van der Waals surface area (Å²) in [5.41, 5.74) is 0.961. The van der Waals surface area contributed by atoms with Gasteiger partial charge in [0, 0.05) is 26.2 Å². The van der Waals surface area contributed by atoms with E-state index in [0.29, 0.717) is 51.4 Å². The highest BCUT2D eigenvalue weighted by Gasteiger charge is 2.37. The number of hydrogen-bond acceptors (Lipinski definition) is 4. The third kappa shape index (κ3) is 3.25. The van der Waals surface area contributed by atoms with Gasteiger partial charge in [-0.1, -0.05) is 18.2 Å². The number of hydrogen-bond donors (Lipinski definition) is 1. The molecule has 2 fully saturated rings. The molecule has 0 saturated carbocycles. The Bertz CT molecular complexity index is 685. The lowest BCUT2D eigenvalue weighted by Gasteiger charge is -2.30. The van der Waals surface area contributed by atoms with Crippen LogP contribution in [0.2, 0.25) is 0 Å². The Kier molecular flexibility index (Phi) is 4.67. The molecule has 0 spiro atoms. The molecule has 2 aliphatic rings. The fraction of sp³-hybridized carbons (Fsp3) is 0.533. The van der Waals surface area contributed by atoms with E-state index in [-0.39, 0.29) is 11.5 Å². The number of morpholine rings is 1. The summed E-state index contributed by atoms with van der Waals surface area (Å²) < 4.78 is 33.4. The van der Waals surface area contributed by atoms with E-state index in [0.717, 1.165) is 0 Å². The quantitative estimate of drug-likeness (QED) is 0.874. The molecule has 0 unspecified atom stereocenters. The van der Waals surface area contributed by atoms with Crippen molar-refractivity contribution >= 4 is 16.2 Å². The predicted octanol–water partition coefficient (Wildman–Crippen LogP) is 0.751. The molecule has 1 atom stereocenters. The van der Waals surface area contributed by atoms with Crippen LogP contribution < -0.4 is 0 Å². The molecule has 8 heteroatoms. The maximum Gasteiger partial charge on any atom is 0.335 e. The number of aromatic carboxylic acids is 1. The molecule has 2 heterocycles. The Balaban J connectivity index is 1.77. The molecule has 1 N–H and O–H groups in total. The minimum atomic E-state index is -3.50. The molecule has 2 saturated heterocycles. The monoisotopic (exact) mass is 340 g/mol. The topological polar surface area (TPSA) is 87.2 Å². The second-order valence-corrected chi connectivity index (χ2v) is 7.68. The summed E-state index contributed by atoms with van der Waals surface area (Å²) in [6.45, 7) is 2.31. The van der Waals surface area contributed by atoms with Crippen LogP contribution in [0.5, 0.6) is 0 Å². The molecule has 2 aliphatic heterocycles. The van der Waals surface area contributed by atoms with Gasteiger partial charge >= 0.3 is 5.97 Å². The maximum atomic E-state index is 12.7. The lowest BCUT2D eigenvalue weighted by atomic mass is 9.93. The minimum Gasteiger partial charge on any atom is -0.478 e. The van der Waals surface area contributed by atoms with Gasteiger partial charge in [0.25, 0.3) is 10.2 Å². The van der Waals surface area contributed by atoms with E-state index >= 15 is 0 Å². The van der Waals surface area contributed by atoms with Crippen LogP contribution in [0.1, 0.15) is 28.3 Å². The van der Waals surface area contributed by atoms with Crippen LogP contribution in [0.4, 0.5) is 0 Å². The van der Waals surface area contributed by atoms with Gasteiger partial charge in [0.15, 0.2) is 0 Å². The first-order chi connectivity index (χ1) is 11.0. The predicted molar refractivity (Wildman–Crippen MR) is 83.6 cm³/mol. The first-order valence-electron chi connectivity index (χ1n) is 7.65. The number of rotatable bonds is 4. The van der Waals surface area contributed by atoms with Gasteiger partial charge in [-0.15, -0.1) is 0 Å². The summed E-state index contributed by atoms with van der Waals surface area (Å²) in [7, 11) is -3.50. The fourth-order valence-electron chi connectivity index (χ4n) is 3.18. The molecule has 0 aromatic heterocycles. The average Bonchev–Trinajstić information content (AvgIpc) is 3.06. The second kappa shape index (κ2) is 6.56. The highest BCUT2D eigenvalue weighted by Crippen LogP contribution is 2.32. The largest absolute Gasteiger partial charge is 0.478 e. The summed E-state index contributed by atoms with van der Waals surface area (Å²) in [5.74, 6) is -1.06. The third-order valence-corrected chi connectivity index (χ3v) is 6.41. The van der Waals surface area contributed by atoms with Gasteiger partial charge in [-0.3, -0.25) is 0 Å². The summed E-state index contributed by atoms with van der Waals surface area (Å²) in [6, 6.07) is 6.82. The van der Waals surface area contributed by atoms with Gasteiger partial charge < -0.3 is 9.84 Å². The van der Waals surface area contributed by atoms with Crippen LogP contribution >= 0.6 is 0 Å². The van der Waals surface area contributed by atoms with E-state index in [4.69, 9.17) is 4.74 Å². The third-order valence-electron chi connectivity index (χ3n) is 4.40. The molecule has 0 radical (unpaired) electrons. The number of nitrogens with zero attached hydrogens (tertiary/aromatic N) is 2. The first kappa shape index (κ1) is 16.4. The van der Waals surface area contributed by atoms with Gasteiger partial charge in [-0.05, 0) is 24.0 Å². The summed E-state index contributed by atoms with van der Waals surface area (Å²) in [6.07, 6.45) is 0.633. The molecule has 0 bridgehead atoms. The Labute approximate surface area is 135 Å². The molecular formula is C15H20N2O5S. The number of benzene rings is 1. The highest BCUT2D eigenvalue weighted by atomic mass is 32.2. The highest BCUT2D eigenvalue weighted by molar-refractivity contribution is 7.86. The van der Waals surface area contributed by atoms with Crippen molar-refractivity contribution in [1.29, 1.82) is 0 Å². The number of carbonyl (C=O) groups is 1. The van der Waals surface area contributed by atoms with Crippen LogP contribution in [-0.2, 0) is 14.9 Å². The van der Waals surface area contributed by atoms with Crippen LogP contribution in [0, 0.1) is 0 Å². The molecule has 0 amide bonds. The van der Waals surface area contributed by atoms with Gasteiger partial charge in [0.2, 0.25) is 0 Å². The average molecular weight is 340 g/mol. The Morgan fingerprint density at radius 2 is 1.83 bits per heavy atom. The Morgan fingerprint density at radius 1 is 1.13 bits per heavy atom. The number of carboxylic acids is 1. The molecule has 0 aliphatic carbocycles. The van der Waals surface area contributed by atoms with Crippen molar-refractivity contribution in [2.45, 2.75) is 12.3 Å².